The van der Waals surface area contributed by atoms with E-state index in [-0.39, 0.29) is 5.41 Å². The van der Waals surface area contributed by atoms with Crippen molar-refractivity contribution in [1.29, 1.82) is 0 Å². The van der Waals surface area contributed by atoms with Gasteiger partial charge in [0.1, 0.15) is 0 Å². The summed E-state index contributed by atoms with van der Waals surface area (Å²) in [6, 6.07) is 0.466. The first-order valence-corrected chi connectivity index (χ1v) is 5.78. The highest BCUT2D eigenvalue weighted by molar-refractivity contribution is 5.06. The molecule has 15 heavy (non-hydrogen) atoms. The summed E-state index contributed by atoms with van der Waals surface area (Å²) in [5.74, 6) is 0.601. The molecule has 0 N–H and O–H groups in total. The van der Waals surface area contributed by atoms with Crippen molar-refractivity contribution in [2.45, 2.75) is 59.4 Å². The minimum Gasteiger partial charge on any atom is -0.249 e. The van der Waals surface area contributed by atoms with Crippen molar-refractivity contribution >= 4 is 0 Å². The van der Waals surface area contributed by atoms with Gasteiger partial charge in [-0.3, -0.25) is 0 Å². The Labute approximate surface area is 92.9 Å². The monoisotopic (exact) mass is 209 g/mol. The lowest BCUT2D eigenvalue weighted by Gasteiger charge is -2.19. The fourth-order valence-electron chi connectivity index (χ4n) is 1.75. The molecule has 0 aromatic carbocycles. The summed E-state index contributed by atoms with van der Waals surface area (Å²) in [7, 11) is 0. The maximum Gasteiger partial charge on any atom is 0.0880 e. The number of aromatic nitrogens is 3. The molecule has 1 atom stereocenters. The number of rotatable bonds is 3. The lowest BCUT2D eigenvalue weighted by Crippen LogP contribution is -2.15. The third kappa shape index (κ3) is 2.80. The third-order valence-corrected chi connectivity index (χ3v) is 2.81. The van der Waals surface area contributed by atoms with E-state index in [2.05, 4.69) is 58.1 Å². The zero-order chi connectivity index (χ0) is 11.6. The molecule has 1 rings (SSSR count). The SMILES string of the molecule is CCC(C(C)C)n1cc(C(C)(C)C)nn1. The smallest absolute Gasteiger partial charge is 0.0880 e. The van der Waals surface area contributed by atoms with E-state index in [4.69, 9.17) is 0 Å². The molecule has 0 bridgehead atoms. The molecule has 0 aliphatic heterocycles. The highest BCUT2D eigenvalue weighted by Crippen LogP contribution is 2.24. The van der Waals surface area contributed by atoms with Crippen LogP contribution in [0.4, 0.5) is 0 Å². The van der Waals surface area contributed by atoms with E-state index < -0.39 is 0 Å². The molecule has 1 aromatic rings. The molecule has 0 saturated heterocycles. The van der Waals surface area contributed by atoms with Crippen LogP contribution >= 0.6 is 0 Å². The Bertz CT molecular complexity index is 307. The Kier molecular flexibility index (Phi) is 3.53. The fraction of sp³-hybridized carbons (Fsp3) is 0.833. The molecular formula is C12H23N3. The van der Waals surface area contributed by atoms with Gasteiger partial charge in [-0.1, -0.05) is 46.8 Å². The van der Waals surface area contributed by atoms with Crippen LogP contribution < -0.4 is 0 Å². The van der Waals surface area contributed by atoms with E-state index in [0.29, 0.717) is 12.0 Å². The molecule has 0 saturated carbocycles. The van der Waals surface area contributed by atoms with E-state index in [1.54, 1.807) is 0 Å². The van der Waals surface area contributed by atoms with Gasteiger partial charge < -0.3 is 0 Å². The summed E-state index contributed by atoms with van der Waals surface area (Å²) in [5, 5.41) is 8.49. The Hall–Kier alpha value is -0.860. The van der Waals surface area contributed by atoms with Crippen molar-refractivity contribution < 1.29 is 0 Å². The topological polar surface area (TPSA) is 30.7 Å². The highest BCUT2D eigenvalue weighted by atomic mass is 15.4. The molecule has 3 nitrogen and oxygen atoms in total. The molecule has 1 unspecified atom stereocenters. The summed E-state index contributed by atoms with van der Waals surface area (Å²) >= 11 is 0. The van der Waals surface area contributed by atoms with Crippen LogP contribution in [0, 0.1) is 5.92 Å². The van der Waals surface area contributed by atoms with E-state index in [9.17, 15) is 0 Å². The average Bonchev–Trinajstić information content (AvgIpc) is 2.52. The van der Waals surface area contributed by atoms with Gasteiger partial charge in [0.25, 0.3) is 0 Å². The van der Waals surface area contributed by atoms with Gasteiger partial charge in [-0.25, -0.2) is 4.68 Å². The van der Waals surface area contributed by atoms with Crippen molar-refractivity contribution in [3.05, 3.63) is 11.9 Å². The van der Waals surface area contributed by atoms with Crippen molar-refractivity contribution in [3.8, 4) is 0 Å². The summed E-state index contributed by atoms with van der Waals surface area (Å²) in [6.45, 7) is 13.1. The zero-order valence-corrected chi connectivity index (χ0v) is 10.8. The van der Waals surface area contributed by atoms with Crippen LogP contribution in [0.25, 0.3) is 0 Å². The van der Waals surface area contributed by atoms with Gasteiger partial charge in [0, 0.05) is 11.6 Å². The van der Waals surface area contributed by atoms with E-state index in [0.717, 1.165) is 12.1 Å². The Morgan fingerprint density at radius 1 is 1.33 bits per heavy atom. The van der Waals surface area contributed by atoms with Crippen LogP contribution in [0.5, 0.6) is 0 Å². The quantitative estimate of drug-likeness (QED) is 0.765. The summed E-state index contributed by atoms with van der Waals surface area (Å²) in [5.41, 5.74) is 1.16. The number of hydrogen-bond acceptors (Lipinski definition) is 2. The van der Waals surface area contributed by atoms with E-state index in [1.165, 1.54) is 0 Å². The minimum absolute atomic E-state index is 0.0908. The Morgan fingerprint density at radius 2 is 1.93 bits per heavy atom. The van der Waals surface area contributed by atoms with Gasteiger partial charge in [-0.15, -0.1) is 5.10 Å². The molecule has 3 heteroatoms. The summed E-state index contributed by atoms with van der Waals surface area (Å²) < 4.78 is 2.02. The first-order valence-electron chi connectivity index (χ1n) is 5.78. The van der Waals surface area contributed by atoms with E-state index in [1.807, 2.05) is 4.68 Å². The van der Waals surface area contributed by atoms with Gasteiger partial charge in [-0.2, -0.15) is 0 Å². The van der Waals surface area contributed by atoms with Crippen LogP contribution in [0.15, 0.2) is 6.20 Å². The molecule has 86 valence electrons. The van der Waals surface area contributed by atoms with Crippen molar-refractivity contribution in [2.24, 2.45) is 5.92 Å². The molecule has 0 spiro atoms. The van der Waals surface area contributed by atoms with E-state index >= 15 is 0 Å². The second-order valence-corrected chi connectivity index (χ2v) is 5.55. The predicted octanol–water partition coefficient (Wildman–Crippen LogP) is 3.18. The molecule has 0 radical (unpaired) electrons. The lowest BCUT2D eigenvalue weighted by molar-refractivity contribution is 0.330. The maximum atomic E-state index is 4.25. The summed E-state index contributed by atoms with van der Waals surface area (Å²) in [4.78, 5) is 0. The molecule has 1 heterocycles. The van der Waals surface area contributed by atoms with Gasteiger partial charge in [0.2, 0.25) is 0 Å². The van der Waals surface area contributed by atoms with Gasteiger partial charge in [0.15, 0.2) is 0 Å². The van der Waals surface area contributed by atoms with Gasteiger partial charge >= 0.3 is 0 Å². The zero-order valence-electron chi connectivity index (χ0n) is 10.8. The second kappa shape index (κ2) is 4.33. The van der Waals surface area contributed by atoms with Crippen LogP contribution in [-0.4, -0.2) is 15.0 Å². The van der Waals surface area contributed by atoms with Gasteiger partial charge in [-0.05, 0) is 12.3 Å². The molecular weight excluding hydrogens is 186 g/mol. The molecule has 1 aromatic heterocycles. The molecule has 0 fully saturated rings. The molecule has 0 amide bonds. The van der Waals surface area contributed by atoms with Crippen molar-refractivity contribution in [2.75, 3.05) is 0 Å². The number of nitrogens with zero attached hydrogens (tertiary/aromatic N) is 3. The largest absolute Gasteiger partial charge is 0.249 e. The average molecular weight is 209 g/mol. The van der Waals surface area contributed by atoms with Crippen LogP contribution in [0.3, 0.4) is 0 Å². The van der Waals surface area contributed by atoms with Crippen molar-refractivity contribution in [1.82, 2.24) is 15.0 Å². The first kappa shape index (κ1) is 12.2. The van der Waals surface area contributed by atoms with Gasteiger partial charge in [0.05, 0.1) is 11.7 Å². The van der Waals surface area contributed by atoms with Crippen LogP contribution in [0.2, 0.25) is 0 Å². The first-order chi connectivity index (χ1) is 6.86. The Balaban J connectivity index is 2.92. The second-order valence-electron chi connectivity index (χ2n) is 5.55. The Morgan fingerprint density at radius 3 is 2.27 bits per heavy atom. The van der Waals surface area contributed by atoms with Crippen molar-refractivity contribution in [3.63, 3.8) is 0 Å². The lowest BCUT2D eigenvalue weighted by atomic mass is 9.93. The number of hydrogen-bond donors (Lipinski definition) is 0. The van der Waals surface area contributed by atoms with Crippen LogP contribution in [0.1, 0.15) is 59.7 Å². The highest BCUT2D eigenvalue weighted by Gasteiger charge is 2.21. The predicted molar refractivity (Wildman–Crippen MR) is 62.9 cm³/mol. The fourth-order valence-corrected chi connectivity index (χ4v) is 1.75. The molecule has 0 aliphatic rings. The summed E-state index contributed by atoms with van der Waals surface area (Å²) in [6.07, 6.45) is 3.19. The third-order valence-electron chi connectivity index (χ3n) is 2.81. The standard InChI is InChI=1S/C12H23N3/c1-7-10(9(2)3)15-8-11(13-14-15)12(4,5)6/h8-10H,7H2,1-6H3. The molecule has 0 aliphatic carbocycles. The minimum atomic E-state index is 0.0908. The van der Waals surface area contributed by atoms with Crippen LogP contribution in [-0.2, 0) is 5.41 Å². The normalized spacial score (nSPS) is 14.6. The maximum absolute atomic E-state index is 4.25.